The minimum Gasteiger partial charge on any atom is -0.464 e. The highest BCUT2D eigenvalue weighted by Crippen LogP contribution is 2.00. The number of alkyl carbamates (subject to hydrolysis) is 1. The van der Waals surface area contributed by atoms with E-state index >= 15 is 0 Å². The Hall–Kier alpha value is -1.79. The number of ether oxygens (including phenoxy) is 2. The van der Waals surface area contributed by atoms with Crippen molar-refractivity contribution in [3.63, 3.8) is 0 Å². The number of benzene rings is 1. The first-order chi connectivity index (χ1) is 9.17. The summed E-state index contributed by atoms with van der Waals surface area (Å²) in [6, 6.07) is 8.34. The van der Waals surface area contributed by atoms with Crippen molar-refractivity contribution in [2.24, 2.45) is 5.73 Å². The zero-order valence-corrected chi connectivity index (χ0v) is 12.0. The number of halogens is 1. The molecule has 1 atom stereocenters. The smallest absolute Gasteiger partial charge is 0.408 e. The summed E-state index contributed by atoms with van der Waals surface area (Å²) in [5, 5.41) is 2.36. The number of hydrogen-bond donors (Lipinski definition) is 2. The second-order valence-corrected chi connectivity index (χ2v) is 3.75. The Kier molecular flexibility index (Phi) is 9.15. The lowest BCUT2D eigenvalue weighted by Crippen LogP contribution is -2.46. The molecule has 0 aromatic heterocycles. The molecule has 0 aliphatic carbocycles. The van der Waals surface area contributed by atoms with Gasteiger partial charge < -0.3 is 20.5 Å². The molecule has 0 saturated carbocycles. The monoisotopic (exact) mass is 302 g/mol. The van der Waals surface area contributed by atoms with Crippen molar-refractivity contribution in [2.45, 2.75) is 19.6 Å². The minimum atomic E-state index is -0.886. The van der Waals surface area contributed by atoms with E-state index < -0.39 is 18.1 Å². The Morgan fingerprint density at radius 2 is 1.90 bits per heavy atom. The van der Waals surface area contributed by atoms with E-state index in [0.717, 1.165) is 5.56 Å². The van der Waals surface area contributed by atoms with Gasteiger partial charge in [0.05, 0.1) is 6.61 Å². The molecular weight excluding hydrogens is 284 g/mol. The number of carbonyl (C=O) groups is 2. The lowest BCUT2D eigenvalue weighted by Gasteiger charge is -2.15. The van der Waals surface area contributed by atoms with Gasteiger partial charge in [-0.25, -0.2) is 9.59 Å². The Morgan fingerprint density at radius 3 is 2.45 bits per heavy atom. The molecule has 20 heavy (non-hydrogen) atoms. The predicted octanol–water partition coefficient (Wildman–Crippen LogP) is 1.23. The molecule has 1 aromatic rings. The second-order valence-electron chi connectivity index (χ2n) is 3.75. The van der Waals surface area contributed by atoms with Crippen LogP contribution in [0, 0.1) is 0 Å². The highest BCUT2D eigenvalue weighted by molar-refractivity contribution is 5.85. The Labute approximate surface area is 124 Å². The first kappa shape index (κ1) is 18.2. The normalized spacial score (nSPS) is 10.9. The second kappa shape index (κ2) is 10.1. The summed E-state index contributed by atoms with van der Waals surface area (Å²) in [4.78, 5) is 22.9. The van der Waals surface area contributed by atoms with Crippen LogP contribution in [0.1, 0.15) is 12.5 Å². The zero-order chi connectivity index (χ0) is 14.1. The van der Waals surface area contributed by atoms with E-state index in [1.807, 2.05) is 30.3 Å². The predicted molar refractivity (Wildman–Crippen MR) is 76.5 cm³/mol. The van der Waals surface area contributed by atoms with Crippen LogP contribution in [-0.4, -0.2) is 31.3 Å². The van der Waals surface area contributed by atoms with Crippen molar-refractivity contribution < 1.29 is 19.1 Å². The van der Waals surface area contributed by atoms with Gasteiger partial charge in [-0.2, -0.15) is 0 Å². The molecular formula is C13H19ClN2O4. The number of esters is 1. The van der Waals surface area contributed by atoms with Gasteiger partial charge in [0.15, 0.2) is 0 Å². The summed E-state index contributed by atoms with van der Waals surface area (Å²) in [7, 11) is 0. The molecule has 0 aliphatic rings. The highest BCUT2D eigenvalue weighted by Gasteiger charge is 2.20. The van der Waals surface area contributed by atoms with E-state index in [1.54, 1.807) is 6.92 Å². The number of carbonyl (C=O) groups excluding carboxylic acids is 2. The van der Waals surface area contributed by atoms with Crippen molar-refractivity contribution in [3.8, 4) is 0 Å². The van der Waals surface area contributed by atoms with Crippen LogP contribution < -0.4 is 11.1 Å². The maximum Gasteiger partial charge on any atom is 0.408 e. The van der Waals surface area contributed by atoms with E-state index in [1.165, 1.54) is 0 Å². The summed E-state index contributed by atoms with van der Waals surface area (Å²) in [5.41, 5.74) is 6.25. The largest absolute Gasteiger partial charge is 0.464 e. The van der Waals surface area contributed by atoms with Crippen molar-refractivity contribution >= 4 is 24.5 Å². The molecule has 0 aliphatic heterocycles. The Balaban J connectivity index is 0.00000361. The molecule has 112 valence electrons. The zero-order valence-electron chi connectivity index (χ0n) is 11.2. The standard InChI is InChI=1S/C13H18N2O4.ClH/c1-2-18-12(16)11(8-14)15-13(17)19-9-10-6-4-3-5-7-10;/h3-7,11H,2,8-9,14H2,1H3,(H,15,17);1H/t11-;/m0./s1. The molecule has 0 saturated heterocycles. The maximum atomic E-state index is 11.5. The Morgan fingerprint density at radius 1 is 1.25 bits per heavy atom. The number of amides is 1. The summed E-state index contributed by atoms with van der Waals surface area (Å²) in [5.74, 6) is -0.568. The van der Waals surface area contributed by atoms with E-state index in [2.05, 4.69) is 5.32 Å². The van der Waals surface area contributed by atoms with Crippen molar-refractivity contribution in [1.29, 1.82) is 0 Å². The first-order valence-corrected chi connectivity index (χ1v) is 6.01. The van der Waals surface area contributed by atoms with Crippen LogP contribution >= 0.6 is 12.4 Å². The third-order valence-electron chi connectivity index (χ3n) is 2.31. The molecule has 0 radical (unpaired) electrons. The summed E-state index contributed by atoms with van der Waals surface area (Å²) >= 11 is 0. The van der Waals surface area contributed by atoms with Gasteiger partial charge in [0.2, 0.25) is 0 Å². The summed E-state index contributed by atoms with van der Waals surface area (Å²) in [6.45, 7) is 2.00. The molecule has 0 bridgehead atoms. The van der Waals surface area contributed by atoms with E-state index in [-0.39, 0.29) is 32.2 Å². The van der Waals surface area contributed by atoms with Crippen LogP contribution in [-0.2, 0) is 20.9 Å². The minimum absolute atomic E-state index is 0. The number of nitrogens with one attached hydrogen (secondary N) is 1. The van der Waals surface area contributed by atoms with Gasteiger partial charge in [0.25, 0.3) is 0 Å². The van der Waals surface area contributed by atoms with Crippen LogP contribution in [0.15, 0.2) is 30.3 Å². The van der Waals surface area contributed by atoms with Gasteiger partial charge in [0.1, 0.15) is 12.6 Å². The number of hydrogen-bond acceptors (Lipinski definition) is 5. The van der Waals surface area contributed by atoms with Gasteiger partial charge in [-0.15, -0.1) is 12.4 Å². The fourth-order valence-electron chi connectivity index (χ4n) is 1.36. The molecule has 7 heteroatoms. The molecule has 1 amide bonds. The topological polar surface area (TPSA) is 90.6 Å². The van der Waals surface area contributed by atoms with Crippen LogP contribution in [0.25, 0.3) is 0 Å². The van der Waals surface area contributed by atoms with Gasteiger partial charge in [-0.05, 0) is 12.5 Å². The van der Waals surface area contributed by atoms with Crippen LogP contribution in [0.4, 0.5) is 4.79 Å². The quantitative estimate of drug-likeness (QED) is 0.771. The lowest BCUT2D eigenvalue weighted by molar-refractivity contribution is -0.145. The Bertz CT molecular complexity index is 414. The lowest BCUT2D eigenvalue weighted by atomic mass is 10.2. The van der Waals surface area contributed by atoms with Gasteiger partial charge in [0, 0.05) is 6.54 Å². The number of rotatable bonds is 6. The molecule has 0 spiro atoms. The molecule has 6 nitrogen and oxygen atoms in total. The third kappa shape index (κ3) is 6.40. The third-order valence-corrected chi connectivity index (χ3v) is 2.31. The van der Waals surface area contributed by atoms with Crippen LogP contribution in [0.2, 0.25) is 0 Å². The van der Waals surface area contributed by atoms with Gasteiger partial charge in [-0.1, -0.05) is 30.3 Å². The fourth-order valence-corrected chi connectivity index (χ4v) is 1.36. The molecule has 0 fully saturated rings. The number of nitrogens with two attached hydrogens (primary N) is 1. The van der Waals surface area contributed by atoms with Crippen molar-refractivity contribution in [3.05, 3.63) is 35.9 Å². The SMILES string of the molecule is CCOC(=O)[C@H](CN)NC(=O)OCc1ccccc1.Cl. The van der Waals surface area contributed by atoms with E-state index in [0.29, 0.717) is 0 Å². The van der Waals surface area contributed by atoms with Crippen LogP contribution in [0.3, 0.4) is 0 Å². The molecule has 1 rings (SSSR count). The maximum absolute atomic E-state index is 11.5. The van der Waals surface area contributed by atoms with E-state index in [4.69, 9.17) is 15.2 Å². The molecule has 1 aromatic carbocycles. The van der Waals surface area contributed by atoms with Gasteiger partial charge in [-0.3, -0.25) is 0 Å². The highest BCUT2D eigenvalue weighted by atomic mass is 35.5. The van der Waals surface area contributed by atoms with Crippen LogP contribution in [0.5, 0.6) is 0 Å². The average molecular weight is 303 g/mol. The average Bonchev–Trinajstić information content (AvgIpc) is 2.44. The van der Waals surface area contributed by atoms with E-state index in [9.17, 15) is 9.59 Å². The van der Waals surface area contributed by atoms with Crippen molar-refractivity contribution in [1.82, 2.24) is 5.32 Å². The molecule has 0 unspecified atom stereocenters. The first-order valence-electron chi connectivity index (χ1n) is 6.01. The summed E-state index contributed by atoms with van der Waals surface area (Å²) in [6.07, 6.45) is -0.702. The van der Waals surface area contributed by atoms with Gasteiger partial charge >= 0.3 is 12.1 Å². The molecule has 0 heterocycles. The molecule has 3 N–H and O–H groups in total. The summed E-state index contributed by atoms with van der Waals surface area (Å²) < 4.78 is 9.74. The van der Waals surface area contributed by atoms with Crippen molar-refractivity contribution in [2.75, 3.05) is 13.2 Å². The fraction of sp³-hybridized carbons (Fsp3) is 0.385.